The van der Waals surface area contributed by atoms with Gasteiger partial charge in [-0.1, -0.05) is 24.1 Å². The van der Waals surface area contributed by atoms with E-state index in [1.54, 1.807) is 0 Å². The summed E-state index contributed by atoms with van der Waals surface area (Å²) in [6.45, 7) is 3.77. The van der Waals surface area contributed by atoms with Crippen LogP contribution in [0.2, 0.25) is 5.02 Å². The standard InChI is InChI=1S/C15H20ClNO2/c1-11-9-13(16)6-5-12(11)10-14(15(18)19)17-7-3-2-4-8-17/h5-6,9,14H,2-4,7-8,10H2,1H3,(H,18,19)/t14-/m0/s1. The van der Waals surface area contributed by atoms with Crippen LogP contribution in [0.4, 0.5) is 0 Å². The molecule has 3 nitrogen and oxygen atoms in total. The zero-order valence-corrected chi connectivity index (χ0v) is 12.0. The van der Waals surface area contributed by atoms with Gasteiger partial charge in [0.05, 0.1) is 0 Å². The van der Waals surface area contributed by atoms with E-state index in [2.05, 4.69) is 4.90 Å². The van der Waals surface area contributed by atoms with Crippen LogP contribution in [0.3, 0.4) is 0 Å². The molecule has 1 heterocycles. The Morgan fingerprint density at radius 3 is 2.63 bits per heavy atom. The van der Waals surface area contributed by atoms with Crippen LogP contribution in [-0.2, 0) is 11.2 Å². The van der Waals surface area contributed by atoms with Crippen molar-refractivity contribution >= 4 is 17.6 Å². The number of halogens is 1. The van der Waals surface area contributed by atoms with Gasteiger partial charge < -0.3 is 5.11 Å². The Morgan fingerprint density at radius 1 is 1.37 bits per heavy atom. The van der Waals surface area contributed by atoms with Crippen molar-refractivity contribution in [1.29, 1.82) is 0 Å². The van der Waals surface area contributed by atoms with Gasteiger partial charge in [0.15, 0.2) is 0 Å². The molecule has 0 aliphatic carbocycles. The first-order chi connectivity index (χ1) is 9.08. The SMILES string of the molecule is Cc1cc(Cl)ccc1C[C@@H](C(=O)O)N1CCCCC1. The third-order valence-electron chi connectivity index (χ3n) is 3.83. The van der Waals surface area contributed by atoms with Crippen LogP contribution in [0, 0.1) is 6.92 Å². The van der Waals surface area contributed by atoms with Gasteiger partial charge in [-0.05, 0) is 62.5 Å². The van der Waals surface area contributed by atoms with Gasteiger partial charge in [0.2, 0.25) is 0 Å². The van der Waals surface area contributed by atoms with Gasteiger partial charge in [-0.25, -0.2) is 0 Å². The lowest BCUT2D eigenvalue weighted by molar-refractivity contribution is -0.143. The first-order valence-corrected chi connectivity index (χ1v) is 7.17. The molecule has 0 bridgehead atoms. The number of benzene rings is 1. The van der Waals surface area contributed by atoms with Crippen molar-refractivity contribution in [3.63, 3.8) is 0 Å². The highest BCUT2D eigenvalue weighted by Crippen LogP contribution is 2.20. The number of aryl methyl sites for hydroxylation is 1. The fourth-order valence-electron chi connectivity index (χ4n) is 2.70. The van der Waals surface area contributed by atoms with Gasteiger partial charge in [-0.2, -0.15) is 0 Å². The molecule has 1 fully saturated rings. The fourth-order valence-corrected chi connectivity index (χ4v) is 2.93. The van der Waals surface area contributed by atoms with Gasteiger partial charge in [0.25, 0.3) is 0 Å². The second kappa shape index (κ2) is 6.40. The number of hydrogen-bond acceptors (Lipinski definition) is 2. The van der Waals surface area contributed by atoms with Crippen molar-refractivity contribution in [2.45, 2.75) is 38.6 Å². The summed E-state index contributed by atoms with van der Waals surface area (Å²) in [5.41, 5.74) is 2.14. The molecule has 104 valence electrons. The van der Waals surface area contributed by atoms with E-state index in [9.17, 15) is 9.90 Å². The maximum Gasteiger partial charge on any atom is 0.321 e. The topological polar surface area (TPSA) is 40.5 Å². The normalized spacial score (nSPS) is 18.2. The zero-order chi connectivity index (χ0) is 13.8. The lowest BCUT2D eigenvalue weighted by Gasteiger charge is -2.32. The van der Waals surface area contributed by atoms with Crippen molar-refractivity contribution < 1.29 is 9.90 Å². The first kappa shape index (κ1) is 14.4. The molecule has 19 heavy (non-hydrogen) atoms. The van der Waals surface area contributed by atoms with Gasteiger partial charge in [-0.15, -0.1) is 0 Å². The number of aliphatic carboxylic acids is 1. The van der Waals surface area contributed by atoms with Crippen molar-refractivity contribution in [2.75, 3.05) is 13.1 Å². The van der Waals surface area contributed by atoms with Crippen molar-refractivity contribution in [1.82, 2.24) is 4.90 Å². The summed E-state index contributed by atoms with van der Waals surface area (Å²) in [6.07, 6.45) is 3.97. The Labute approximate surface area is 119 Å². The van der Waals surface area contributed by atoms with Crippen LogP contribution in [0.1, 0.15) is 30.4 Å². The van der Waals surface area contributed by atoms with Crippen molar-refractivity contribution in [2.24, 2.45) is 0 Å². The Kier molecular flexibility index (Phi) is 4.83. The third-order valence-corrected chi connectivity index (χ3v) is 4.07. The summed E-state index contributed by atoms with van der Waals surface area (Å²) in [5.74, 6) is -0.726. The van der Waals surface area contributed by atoms with Gasteiger partial charge in [-0.3, -0.25) is 9.69 Å². The summed E-state index contributed by atoms with van der Waals surface area (Å²) in [5, 5.41) is 10.2. The van der Waals surface area contributed by atoms with Crippen LogP contribution in [-0.4, -0.2) is 35.1 Å². The minimum absolute atomic E-state index is 0.417. The molecular formula is C15H20ClNO2. The summed E-state index contributed by atoms with van der Waals surface area (Å²) >= 11 is 5.94. The number of carbonyl (C=O) groups is 1. The molecule has 1 N–H and O–H groups in total. The lowest BCUT2D eigenvalue weighted by atomic mass is 9.98. The van der Waals surface area contributed by atoms with Crippen LogP contribution < -0.4 is 0 Å². The Balaban J connectivity index is 2.13. The minimum atomic E-state index is -0.726. The highest BCUT2D eigenvalue weighted by molar-refractivity contribution is 6.30. The van der Waals surface area contributed by atoms with E-state index in [0.29, 0.717) is 11.4 Å². The first-order valence-electron chi connectivity index (χ1n) is 6.80. The minimum Gasteiger partial charge on any atom is -0.480 e. The molecule has 0 saturated carbocycles. The van der Waals surface area contributed by atoms with E-state index in [0.717, 1.165) is 37.1 Å². The Morgan fingerprint density at radius 2 is 2.05 bits per heavy atom. The summed E-state index contributed by atoms with van der Waals surface area (Å²) in [6, 6.07) is 5.25. The third kappa shape index (κ3) is 3.71. The number of piperidine rings is 1. The molecule has 1 aliphatic heterocycles. The van der Waals surface area contributed by atoms with E-state index < -0.39 is 12.0 Å². The van der Waals surface area contributed by atoms with E-state index in [1.165, 1.54) is 6.42 Å². The maximum absolute atomic E-state index is 11.5. The predicted octanol–water partition coefficient (Wildman–Crippen LogP) is 3.13. The summed E-state index contributed by atoms with van der Waals surface area (Å²) in [7, 11) is 0. The molecule has 0 unspecified atom stereocenters. The van der Waals surface area contributed by atoms with Gasteiger partial charge in [0.1, 0.15) is 6.04 Å². The number of likely N-dealkylation sites (tertiary alicyclic amines) is 1. The fraction of sp³-hybridized carbons (Fsp3) is 0.533. The molecule has 0 amide bonds. The largest absolute Gasteiger partial charge is 0.480 e. The van der Waals surface area contributed by atoms with E-state index in [1.807, 2.05) is 25.1 Å². The Bertz CT molecular complexity index is 455. The lowest BCUT2D eigenvalue weighted by Crippen LogP contribution is -2.45. The van der Waals surface area contributed by atoms with Crippen LogP contribution in [0.5, 0.6) is 0 Å². The van der Waals surface area contributed by atoms with E-state index in [-0.39, 0.29) is 0 Å². The number of nitrogens with zero attached hydrogens (tertiary/aromatic N) is 1. The molecule has 1 saturated heterocycles. The summed E-state index contributed by atoms with van der Waals surface area (Å²) in [4.78, 5) is 13.6. The molecule has 1 aromatic rings. The number of carboxylic acids is 1. The van der Waals surface area contributed by atoms with Crippen molar-refractivity contribution in [3.05, 3.63) is 34.3 Å². The highest BCUT2D eigenvalue weighted by Gasteiger charge is 2.27. The zero-order valence-electron chi connectivity index (χ0n) is 11.2. The second-order valence-electron chi connectivity index (χ2n) is 5.23. The molecule has 0 aromatic heterocycles. The van der Waals surface area contributed by atoms with Crippen LogP contribution >= 0.6 is 11.6 Å². The highest BCUT2D eigenvalue weighted by atomic mass is 35.5. The molecule has 4 heteroatoms. The quantitative estimate of drug-likeness (QED) is 0.922. The predicted molar refractivity (Wildman–Crippen MR) is 76.7 cm³/mol. The number of rotatable bonds is 4. The molecule has 0 radical (unpaired) electrons. The second-order valence-corrected chi connectivity index (χ2v) is 5.66. The molecule has 0 spiro atoms. The van der Waals surface area contributed by atoms with E-state index in [4.69, 9.17) is 11.6 Å². The Hall–Kier alpha value is -1.06. The molecule has 1 aliphatic rings. The number of carboxylic acid groups (broad SMARTS) is 1. The average Bonchev–Trinajstić information content (AvgIpc) is 2.38. The molecule has 2 rings (SSSR count). The molecule has 1 aromatic carbocycles. The van der Waals surface area contributed by atoms with Gasteiger partial charge in [0, 0.05) is 5.02 Å². The monoisotopic (exact) mass is 281 g/mol. The number of hydrogen-bond donors (Lipinski definition) is 1. The summed E-state index contributed by atoms with van der Waals surface area (Å²) < 4.78 is 0. The van der Waals surface area contributed by atoms with Crippen LogP contribution in [0.25, 0.3) is 0 Å². The maximum atomic E-state index is 11.5. The van der Waals surface area contributed by atoms with Gasteiger partial charge >= 0.3 is 5.97 Å². The average molecular weight is 282 g/mol. The van der Waals surface area contributed by atoms with E-state index >= 15 is 0 Å². The molecular weight excluding hydrogens is 262 g/mol. The molecule has 1 atom stereocenters. The smallest absolute Gasteiger partial charge is 0.321 e. The van der Waals surface area contributed by atoms with Crippen LogP contribution in [0.15, 0.2) is 18.2 Å². The van der Waals surface area contributed by atoms with Crippen molar-refractivity contribution in [3.8, 4) is 0 Å².